The van der Waals surface area contributed by atoms with Crippen LogP contribution < -0.4 is 19.7 Å². The minimum Gasteiger partial charge on any atom is -0.497 e. The summed E-state index contributed by atoms with van der Waals surface area (Å²) in [6.07, 6.45) is 1.23. The van der Waals surface area contributed by atoms with Crippen molar-refractivity contribution in [2.75, 3.05) is 19.1 Å². The number of nitrogens with one attached hydrogen (secondary N) is 1. The summed E-state index contributed by atoms with van der Waals surface area (Å²) >= 11 is 0. The predicted molar refractivity (Wildman–Crippen MR) is 178 cm³/mol. The lowest BCUT2D eigenvalue weighted by Gasteiger charge is -2.24. The number of nitrogens with zero attached hydrogens (tertiary/aromatic N) is 2. The number of amides is 2. The van der Waals surface area contributed by atoms with Crippen LogP contribution in [0.3, 0.4) is 0 Å². The van der Waals surface area contributed by atoms with E-state index in [-0.39, 0.29) is 48.3 Å². The molecule has 0 radical (unpaired) electrons. The number of aromatic nitrogens is 1. The first-order valence-electron chi connectivity index (χ1n) is 15.1. The lowest BCUT2D eigenvalue weighted by molar-refractivity contribution is -0.155. The molecule has 0 fully saturated rings. The summed E-state index contributed by atoms with van der Waals surface area (Å²) < 4.78 is 16.3. The third kappa shape index (κ3) is 9.17. The molecule has 9 nitrogen and oxygen atoms in total. The summed E-state index contributed by atoms with van der Waals surface area (Å²) in [5.41, 5.74) is 4.44. The smallest absolute Gasteiger partial charge is 0.306 e. The van der Waals surface area contributed by atoms with E-state index >= 15 is 0 Å². The molecule has 0 aliphatic heterocycles. The molecule has 0 saturated heterocycles. The van der Waals surface area contributed by atoms with Crippen LogP contribution in [0.5, 0.6) is 11.5 Å². The van der Waals surface area contributed by atoms with Crippen molar-refractivity contribution in [1.82, 2.24) is 10.3 Å². The first kappa shape index (κ1) is 33.7. The second-order valence-corrected chi connectivity index (χ2v) is 11.9. The Labute approximate surface area is 270 Å². The van der Waals surface area contributed by atoms with E-state index in [1.165, 1.54) is 18.2 Å². The zero-order valence-electron chi connectivity index (χ0n) is 27.3. The zero-order chi connectivity index (χ0) is 33.3. The molecule has 0 saturated carbocycles. The fourth-order valence-corrected chi connectivity index (χ4v) is 4.86. The molecule has 1 aromatic heterocycles. The van der Waals surface area contributed by atoms with Crippen molar-refractivity contribution < 1.29 is 28.6 Å². The molecule has 3 aromatic carbocycles. The summed E-state index contributed by atoms with van der Waals surface area (Å²) in [7, 11) is 3.05. The number of benzene rings is 3. The average molecular weight is 624 g/mol. The largest absolute Gasteiger partial charge is 0.497 e. The molecule has 1 N–H and O–H groups in total. The Balaban J connectivity index is 1.55. The van der Waals surface area contributed by atoms with E-state index < -0.39 is 11.6 Å². The van der Waals surface area contributed by atoms with Gasteiger partial charge in [0.2, 0.25) is 5.91 Å². The molecular formula is C37H41N3O6. The number of anilines is 1. The zero-order valence-corrected chi connectivity index (χ0v) is 27.3. The van der Waals surface area contributed by atoms with Crippen molar-refractivity contribution >= 4 is 23.6 Å². The molecule has 1 heterocycles. The summed E-state index contributed by atoms with van der Waals surface area (Å²) in [5.74, 6) is 0.0885. The van der Waals surface area contributed by atoms with Crippen molar-refractivity contribution in [3.05, 3.63) is 107 Å². The van der Waals surface area contributed by atoms with E-state index in [9.17, 15) is 14.4 Å². The van der Waals surface area contributed by atoms with Gasteiger partial charge in [-0.2, -0.15) is 0 Å². The van der Waals surface area contributed by atoms with Gasteiger partial charge in [0, 0.05) is 25.2 Å². The number of aryl methyl sites for hydroxylation is 1. The maximum Gasteiger partial charge on any atom is 0.306 e. The molecule has 0 unspecified atom stereocenters. The van der Waals surface area contributed by atoms with E-state index in [0.29, 0.717) is 12.3 Å². The van der Waals surface area contributed by atoms with Crippen LogP contribution in [0.1, 0.15) is 60.7 Å². The highest BCUT2D eigenvalue weighted by atomic mass is 16.6. The SMILES string of the molecule is COc1ccc(CN(C(=O)CCC(=O)OC(C)(C)C)c2cc(OC)c(C(=O)NCc3cccc(-c4ccccc4)c3)cn2)c(C)c1. The minimum atomic E-state index is -0.657. The fraction of sp³-hybridized carbons (Fsp3) is 0.297. The highest BCUT2D eigenvalue weighted by molar-refractivity contribution is 5.98. The Bertz CT molecular complexity index is 1680. The fourth-order valence-electron chi connectivity index (χ4n) is 4.86. The molecule has 240 valence electrons. The Morgan fingerprint density at radius 2 is 1.59 bits per heavy atom. The van der Waals surface area contributed by atoms with E-state index in [2.05, 4.69) is 10.3 Å². The number of carbonyl (C=O) groups is 3. The number of ether oxygens (including phenoxy) is 3. The van der Waals surface area contributed by atoms with Gasteiger partial charge in [-0.1, -0.05) is 54.6 Å². The number of carbonyl (C=O) groups excluding carboxylic acids is 3. The molecule has 4 rings (SSSR count). The maximum atomic E-state index is 13.6. The Morgan fingerprint density at radius 1 is 0.848 bits per heavy atom. The van der Waals surface area contributed by atoms with E-state index in [0.717, 1.165) is 27.8 Å². The van der Waals surface area contributed by atoms with Gasteiger partial charge in [0.05, 0.1) is 32.7 Å². The topological polar surface area (TPSA) is 107 Å². The van der Waals surface area contributed by atoms with Crippen molar-refractivity contribution in [2.24, 2.45) is 0 Å². The van der Waals surface area contributed by atoms with Gasteiger partial charge >= 0.3 is 5.97 Å². The molecule has 0 atom stereocenters. The van der Waals surface area contributed by atoms with Crippen LogP contribution in [0, 0.1) is 6.92 Å². The third-order valence-corrected chi connectivity index (χ3v) is 7.22. The van der Waals surface area contributed by atoms with Crippen LogP contribution in [0.4, 0.5) is 5.82 Å². The van der Waals surface area contributed by atoms with Gasteiger partial charge in [-0.3, -0.25) is 19.3 Å². The van der Waals surface area contributed by atoms with Crippen LogP contribution in [-0.2, 0) is 27.4 Å². The van der Waals surface area contributed by atoms with Crippen molar-refractivity contribution in [2.45, 2.75) is 59.2 Å². The van der Waals surface area contributed by atoms with Gasteiger partial charge in [-0.05, 0) is 73.7 Å². The Hall–Kier alpha value is -5.18. The summed E-state index contributed by atoms with van der Waals surface area (Å²) in [5, 5.41) is 2.95. The van der Waals surface area contributed by atoms with Crippen LogP contribution in [-0.4, -0.2) is 42.6 Å². The quantitative estimate of drug-likeness (QED) is 0.176. The van der Waals surface area contributed by atoms with Crippen LogP contribution in [0.2, 0.25) is 0 Å². The van der Waals surface area contributed by atoms with Gasteiger partial charge in [0.1, 0.15) is 22.9 Å². The lowest BCUT2D eigenvalue weighted by Crippen LogP contribution is -2.33. The summed E-state index contributed by atoms with van der Waals surface area (Å²) in [4.78, 5) is 45.3. The standard InChI is InChI=1S/C37H41N3O6/c1-25-19-30(44-5)16-15-29(25)24-40(34(41)17-18-35(42)46-37(2,3)4)33-21-32(45-6)31(23-38-33)36(43)39-22-26-11-10-14-28(20-26)27-12-8-7-9-13-27/h7-16,19-21,23H,17-18,22,24H2,1-6H3,(H,39,43). The van der Waals surface area contributed by atoms with Crippen LogP contribution in [0.15, 0.2) is 85.1 Å². The van der Waals surface area contributed by atoms with E-state index in [1.807, 2.05) is 79.7 Å². The lowest BCUT2D eigenvalue weighted by atomic mass is 10.0. The summed E-state index contributed by atoms with van der Waals surface area (Å²) in [6, 6.07) is 25.2. The van der Waals surface area contributed by atoms with Gasteiger partial charge < -0.3 is 19.5 Å². The average Bonchev–Trinajstić information content (AvgIpc) is 3.05. The van der Waals surface area contributed by atoms with Gasteiger partial charge in [0.15, 0.2) is 0 Å². The number of methoxy groups -OCH3 is 2. The number of esters is 1. The number of rotatable bonds is 12. The number of hydrogen-bond donors (Lipinski definition) is 1. The van der Waals surface area contributed by atoms with Crippen molar-refractivity contribution in [1.29, 1.82) is 0 Å². The first-order chi connectivity index (χ1) is 22.0. The monoisotopic (exact) mass is 623 g/mol. The van der Waals surface area contributed by atoms with E-state index in [1.54, 1.807) is 33.9 Å². The van der Waals surface area contributed by atoms with Gasteiger partial charge in [0.25, 0.3) is 5.91 Å². The highest BCUT2D eigenvalue weighted by Crippen LogP contribution is 2.27. The molecular weight excluding hydrogens is 582 g/mol. The molecule has 0 bridgehead atoms. The molecule has 0 aliphatic carbocycles. The molecule has 0 spiro atoms. The van der Waals surface area contributed by atoms with Crippen LogP contribution >= 0.6 is 0 Å². The van der Waals surface area contributed by atoms with Gasteiger partial charge in [-0.25, -0.2) is 4.98 Å². The molecule has 2 amide bonds. The first-order valence-corrected chi connectivity index (χ1v) is 15.1. The molecule has 4 aromatic rings. The normalized spacial score (nSPS) is 11.0. The molecule has 9 heteroatoms. The maximum absolute atomic E-state index is 13.6. The van der Waals surface area contributed by atoms with Gasteiger partial charge in [-0.15, -0.1) is 0 Å². The number of hydrogen-bond acceptors (Lipinski definition) is 7. The second-order valence-electron chi connectivity index (χ2n) is 11.9. The molecule has 0 aliphatic rings. The third-order valence-electron chi connectivity index (χ3n) is 7.22. The summed E-state index contributed by atoms with van der Waals surface area (Å²) in [6.45, 7) is 7.75. The Morgan fingerprint density at radius 3 is 2.26 bits per heavy atom. The molecule has 46 heavy (non-hydrogen) atoms. The van der Waals surface area contributed by atoms with Crippen molar-refractivity contribution in [3.63, 3.8) is 0 Å². The Kier molecular flexibility index (Phi) is 11.1. The number of pyridine rings is 1. The van der Waals surface area contributed by atoms with Crippen LogP contribution in [0.25, 0.3) is 11.1 Å². The predicted octanol–water partition coefficient (Wildman–Crippen LogP) is 6.66. The second kappa shape index (κ2) is 15.2. The highest BCUT2D eigenvalue weighted by Gasteiger charge is 2.24. The minimum absolute atomic E-state index is 0.0849. The van der Waals surface area contributed by atoms with E-state index in [4.69, 9.17) is 14.2 Å². The van der Waals surface area contributed by atoms with Crippen molar-refractivity contribution in [3.8, 4) is 22.6 Å².